The predicted molar refractivity (Wildman–Crippen MR) is 40.1 cm³/mol. The summed E-state index contributed by atoms with van der Waals surface area (Å²) >= 11 is 0. The van der Waals surface area contributed by atoms with Gasteiger partial charge in [-0.3, -0.25) is 4.79 Å². The monoisotopic (exact) mass is 181 g/mol. The van der Waals surface area contributed by atoms with Crippen molar-refractivity contribution in [3.05, 3.63) is 0 Å². The molecule has 0 saturated heterocycles. The molecule has 0 aromatic carbocycles. The molecule has 0 aromatic heterocycles. The summed E-state index contributed by atoms with van der Waals surface area (Å²) in [6.45, 7) is -0.250. The standard InChI is InChI=1S/C6H11F2N.CH2O2/c7-6(8)4-2-1-3-5(6)9;2-1-3/h5H,1-4,9H2;1H,(H,2,3). The number of hydrogen-bond acceptors (Lipinski definition) is 2. The Labute approximate surface area is 69.6 Å². The van der Waals surface area contributed by atoms with Crippen LogP contribution in [0.15, 0.2) is 0 Å². The van der Waals surface area contributed by atoms with E-state index >= 15 is 0 Å². The summed E-state index contributed by atoms with van der Waals surface area (Å²) in [5.41, 5.74) is 5.16. The first-order valence-corrected chi connectivity index (χ1v) is 3.76. The van der Waals surface area contributed by atoms with Crippen LogP contribution in [-0.4, -0.2) is 23.5 Å². The van der Waals surface area contributed by atoms with E-state index in [-0.39, 0.29) is 12.9 Å². The van der Waals surface area contributed by atoms with Gasteiger partial charge in [0.15, 0.2) is 0 Å². The second-order valence-electron chi connectivity index (χ2n) is 2.72. The van der Waals surface area contributed by atoms with Gasteiger partial charge in [-0.15, -0.1) is 0 Å². The Bertz CT molecular complexity index is 141. The maximum Gasteiger partial charge on any atom is 0.290 e. The molecule has 1 aliphatic rings. The molecule has 1 fully saturated rings. The van der Waals surface area contributed by atoms with Crippen LogP contribution in [0.25, 0.3) is 0 Å². The fourth-order valence-corrected chi connectivity index (χ4v) is 1.12. The average Bonchev–Trinajstić information content (AvgIpc) is 1.97. The van der Waals surface area contributed by atoms with Gasteiger partial charge in [0.25, 0.3) is 12.4 Å². The molecular weight excluding hydrogens is 168 g/mol. The Kier molecular flexibility index (Phi) is 4.73. The van der Waals surface area contributed by atoms with Gasteiger partial charge in [0, 0.05) is 6.42 Å². The fourth-order valence-electron chi connectivity index (χ4n) is 1.12. The van der Waals surface area contributed by atoms with Crippen molar-refractivity contribution >= 4 is 6.47 Å². The maximum absolute atomic E-state index is 12.5. The highest BCUT2D eigenvalue weighted by atomic mass is 19.3. The minimum absolute atomic E-state index is 0.0197. The molecule has 5 heteroatoms. The molecule has 0 radical (unpaired) electrons. The van der Waals surface area contributed by atoms with Crippen molar-refractivity contribution in [2.24, 2.45) is 5.73 Å². The zero-order valence-electron chi connectivity index (χ0n) is 6.67. The molecule has 1 atom stereocenters. The molecule has 3 nitrogen and oxygen atoms in total. The van der Waals surface area contributed by atoms with E-state index in [1.165, 1.54) is 0 Å². The van der Waals surface area contributed by atoms with Gasteiger partial charge < -0.3 is 10.8 Å². The lowest BCUT2D eigenvalue weighted by Crippen LogP contribution is -2.43. The van der Waals surface area contributed by atoms with Gasteiger partial charge in [-0.1, -0.05) is 6.42 Å². The highest BCUT2D eigenvalue weighted by Gasteiger charge is 2.38. The molecule has 1 saturated carbocycles. The smallest absolute Gasteiger partial charge is 0.290 e. The van der Waals surface area contributed by atoms with Gasteiger partial charge in [-0.2, -0.15) is 0 Å². The third-order valence-corrected chi connectivity index (χ3v) is 1.82. The summed E-state index contributed by atoms with van der Waals surface area (Å²) in [5, 5.41) is 6.89. The van der Waals surface area contributed by atoms with Crippen LogP contribution in [0.3, 0.4) is 0 Å². The lowest BCUT2D eigenvalue weighted by atomic mass is 9.92. The third-order valence-electron chi connectivity index (χ3n) is 1.82. The number of halogens is 2. The molecule has 0 bridgehead atoms. The van der Waals surface area contributed by atoms with Crippen LogP contribution in [0.5, 0.6) is 0 Å². The SMILES string of the molecule is NC1CCCCC1(F)F.O=CO. The average molecular weight is 181 g/mol. The third kappa shape index (κ3) is 3.61. The normalized spacial score (nSPS) is 26.8. The van der Waals surface area contributed by atoms with Gasteiger partial charge in [-0.05, 0) is 12.8 Å². The highest BCUT2D eigenvalue weighted by Crippen LogP contribution is 2.31. The van der Waals surface area contributed by atoms with Crippen LogP contribution in [-0.2, 0) is 4.79 Å². The Morgan fingerprint density at radius 1 is 1.50 bits per heavy atom. The van der Waals surface area contributed by atoms with Gasteiger partial charge >= 0.3 is 0 Å². The number of nitrogens with two attached hydrogens (primary N) is 1. The lowest BCUT2D eigenvalue weighted by Gasteiger charge is -2.27. The molecule has 0 heterocycles. The first-order chi connectivity index (χ1) is 5.54. The minimum Gasteiger partial charge on any atom is -0.483 e. The van der Waals surface area contributed by atoms with E-state index in [0.29, 0.717) is 12.8 Å². The fraction of sp³-hybridized carbons (Fsp3) is 0.857. The molecule has 0 amide bonds. The lowest BCUT2D eigenvalue weighted by molar-refractivity contribution is -0.122. The number of carboxylic acid groups (broad SMARTS) is 1. The van der Waals surface area contributed by atoms with Crippen LogP contribution in [0, 0.1) is 0 Å². The van der Waals surface area contributed by atoms with Crippen molar-refractivity contribution in [1.82, 2.24) is 0 Å². The zero-order valence-corrected chi connectivity index (χ0v) is 6.67. The summed E-state index contributed by atoms with van der Waals surface area (Å²) in [5.74, 6) is -2.59. The largest absolute Gasteiger partial charge is 0.483 e. The molecule has 1 aliphatic carbocycles. The van der Waals surface area contributed by atoms with Crippen molar-refractivity contribution in [3.63, 3.8) is 0 Å². The minimum atomic E-state index is -2.59. The summed E-state index contributed by atoms with van der Waals surface area (Å²) in [6.07, 6.45) is 1.94. The van der Waals surface area contributed by atoms with E-state index in [0.717, 1.165) is 6.42 Å². The molecular formula is C7H13F2NO2. The zero-order chi connectivity index (χ0) is 9.61. The van der Waals surface area contributed by atoms with E-state index in [4.69, 9.17) is 15.6 Å². The second-order valence-corrected chi connectivity index (χ2v) is 2.72. The maximum atomic E-state index is 12.5. The summed E-state index contributed by atoms with van der Waals surface area (Å²) < 4.78 is 24.9. The molecule has 72 valence electrons. The van der Waals surface area contributed by atoms with Gasteiger partial charge in [-0.25, -0.2) is 8.78 Å². The van der Waals surface area contributed by atoms with Crippen LogP contribution in [0.1, 0.15) is 25.7 Å². The number of rotatable bonds is 0. The first-order valence-electron chi connectivity index (χ1n) is 3.76. The van der Waals surface area contributed by atoms with Gasteiger partial charge in [0.2, 0.25) is 0 Å². The van der Waals surface area contributed by atoms with Crippen molar-refractivity contribution in [1.29, 1.82) is 0 Å². The van der Waals surface area contributed by atoms with Crippen molar-refractivity contribution in [3.8, 4) is 0 Å². The van der Waals surface area contributed by atoms with E-state index in [1.807, 2.05) is 0 Å². The van der Waals surface area contributed by atoms with E-state index < -0.39 is 12.0 Å². The molecule has 12 heavy (non-hydrogen) atoms. The predicted octanol–water partition coefficient (Wildman–Crippen LogP) is 1.22. The first kappa shape index (κ1) is 11.3. The molecule has 0 aromatic rings. The Morgan fingerprint density at radius 2 is 2.00 bits per heavy atom. The summed E-state index contributed by atoms with van der Waals surface area (Å²) in [4.78, 5) is 8.36. The number of alkyl halides is 2. The van der Waals surface area contributed by atoms with E-state index in [1.54, 1.807) is 0 Å². The van der Waals surface area contributed by atoms with Crippen LogP contribution in [0.4, 0.5) is 8.78 Å². The molecule has 1 unspecified atom stereocenters. The Morgan fingerprint density at radius 3 is 2.25 bits per heavy atom. The Hall–Kier alpha value is -0.710. The molecule has 0 spiro atoms. The molecule has 1 rings (SSSR count). The van der Waals surface area contributed by atoms with Crippen molar-refractivity contribution in [2.45, 2.75) is 37.6 Å². The van der Waals surface area contributed by atoms with Crippen LogP contribution >= 0.6 is 0 Å². The van der Waals surface area contributed by atoms with Crippen LogP contribution < -0.4 is 5.73 Å². The molecule has 3 N–H and O–H groups in total. The van der Waals surface area contributed by atoms with E-state index in [9.17, 15) is 8.78 Å². The number of hydrogen-bond donors (Lipinski definition) is 2. The quantitative estimate of drug-likeness (QED) is 0.552. The summed E-state index contributed by atoms with van der Waals surface area (Å²) in [6, 6.07) is -0.883. The van der Waals surface area contributed by atoms with E-state index in [2.05, 4.69) is 0 Å². The number of carbonyl (C=O) groups is 1. The van der Waals surface area contributed by atoms with Gasteiger partial charge in [0.1, 0.15) is 0 Å². The second kappa shape index (κ2) is 5.03. The Balaban J connectivity index is 0.000000354. The van der Waals surface area contributed by atoms with Crippen molar-refractivity contribution in [2.75, 3.05) is 0 Å². The summed E-state index contributed by atoms with van der Waals surface area (Å²) in [7, 11) is 0. The molecule has 0 aliphatic heterocycles. The van der Waals surface area contributed by atoms with Crippen molar-refractivity contribution < 1.29 is 18.7 Å². The highest BCUT2D eigenvalue weighted by molar-refractivity contribution is 5.32. The van der Waals surface area contributed by atoms with Gasteiger partial charge in [0.05, 0.1) is 6.04 Å². The topological polar surface area (TPSA) is 63.3 Å². The van der Waals surface area contributed by atoms with Crippen LogP contribution in [0.2, 0.25) is 0 Å².